The van der Waals surface area contributed by atoms with Crippen molar-refractivity contribution in [2.45, 2.75) is 6.92 Å². The van der Waals surface area contributed by atoms with Crippen LogP contribution in [-0.2, 0) is 4.74 Å². The van der Waals surface area contributed by atoms with Crippen molar-refractivity contribution in [2.75, 3.05) is 20.3 Å². The molecule has 0 amide bonds. The fourth-order valence-corrected chi connectivity index (χ4v) is 3.70. The van der Waals surface area contributed by atoms with Crippen molar-refractivity contribution >= 4 is 10.9 Å². The lowest BCUT2D eigenvalue weighted by Crippen LogP contribution is -2.05. The lowest BCUT2D eigenvalue weighted by atomic mass is 9.95. The number of hydrogen-bond donors (Lipinski definition) is 1. The van der Waals surface area contributed by atoms with Gasteiger partial charge in [-0.3, -0.25) is 0 Å². The molecule has 0 aliphatic rings. The van der Waals surface area contributed by atoms with Crippen molar-refractivity contribution in [3.63, 3.8) is 0 Å². The first-order chi connectivity index (χ1) is 15.0. The first kappa shape index (κ1) is 20.6. The molecule has 0 radical (unpaired) electrons. The second-order valence-electron chi connectivity index (χ2n) is 7.20. The topological polar surface area (TPSA) is 58.0 Å². The summed E-state index contributed by atoms with van der Waals surface area (Å²) < 4.78 is 39.6. The third-order valence-corrected chi connectivity index (χ3v) is 5.14. The highest BCUT2D eigenvalue weighted by Crippen LogP contribution is 2.34. The number of methoxy groups -OCH3 is 1. The van der Waals surface area contributed by atoms with Crippen LogP contribution >= 0.6 is 0 Å². The Morgan fingerprint density at radius 3 is 2.45 bits per heavy atom. The number of aromatic nitrogens is 1. The summed E-state index contributed by atoms with van der Waals surface area (Å²) in [5.41, 5.74) is 4.21. The largest absolute Gasteiger partial charge is 0.491 e. The predicted molar refractivity (Wildman–Crippen MR) is 116 cm³/mol. The van der Waals surface area contributed by atoms with Gasteiger partial charge >= 0.3 is 0 Å². The normalized spacial score (nSPS) is 10.9. The number of fused-ring (bicyclic) bond motifs is 1. The SMILES string of the molecule is COCCOc1cc(F)c(-c2cc3cc(-c4c(C)cccc4C#N)ccc3[nH]2)c(F)c1. The van der Waals surface area contributed by atoms with Crippen LogP contribution in [0, 0.1) is 29.9 Å². The summed E-state index contributed by atoms with van der Waals surface area (Å²) in [5, 5.41) is 10.3. The monoisotopic (exact) mass is 418 g/mol. The van der Waals surface area contributed by atoms with E-state index in [1.165, 1.54) is 7.11 Å². The molecule has 0 bridgehead atoms. The fraction of sp³-hybridized carbons (Fsp3) is 0.160. The van der Waals surface area contributed by atoms with Gasteiger partial charge in [0.1, 0.15) is 24.0 Å². The molecule has 0 aliphatic carbocycles. The van der Waals surface area contributed by atoms with Crippen LogP contribution in [0.15, 0.2) is 54.6 Å². The molecular weight excluding hydrogens is 398 g/mol. The molecule has 0 atom stereocenters. The quantitative estimate of drug-likeness (QED) is 0.392. The fourth-order valence-electron chi connectivity index (χ4n) is 3.70. The van der Waals surface area contributed by atoms with Crippen LogP contribution in [-0.4, -0.2) is 25.3 Å². The molecule has 31 heavy (non-hydrogen) atoms. The smallest absolute Gasteiger partial charge is 0.139 e. The maximum Gasteiger partial charge on any atom is 0.139 e. The highest BCUT2D eigenvalue weighted by atomic mass is 19.1. The number of nitriles is 1. The van der Waals surface area contributed by atoms with E-state index in [1.807, 2.05) is 37.3 Å². The van der Waals surface area contributed by atoms with Gasteiger partial charge in [0, 0.05) is 35.7 Å². The van der Waals surface area contributed by atoms with E-state index in [-0.39, 0.29) is 17.9 Å². The molecule has 1 heterocycles. The minimum absolute atomic E-state index is 0.109. The molecular formula is C25H20F2N2O2. The van der Waals surface area contributed by atoms with Crippen LogP contribution in [0.2, 0.25) is 0 Å². The summed E-state index contributed by atoms with van der Waals surface area (Å²) in [6, 6.07) is 17.5. The van der Waals surface area contributed by atoms with Crippen molar-refractivity contribution in [3.05, 3.63) is 77.4 Å². The van der Waals surface area contributed by atoms with Crippen LogP contribution in [0.3, 0.4) is 0 Å². The number of nitrogens with one attached hydrogen (secondary N) is 1. The molecule has 0 unspecified atom stereocenters. The van der Waals surface area contributed by atoms with E-state index in [1.54, 1.807) is 12.1 Å². The van der Waals surface area contributed by atoms with Crippen molar-refractivity contribution in [3.8, 4) is 34.2 Å². The van der Waals surface area contributed by atoms with Gasteiger partial charge in [0.05, 0.1) is 29.5 Å². The third-order valence-electron chi connectivity index (χ3n) is 5.14. The zero-order valence-corrected chi connectivity index (χ0v) is 17.1. The molecule has 0 saturated carbocycles. The minimum Gasteiger partial charge on any atom is -0.491 e. The van der Waals surface area contributed by atoms with Gasteiger partial charge in [-0.2, -0.15) is 5.26 Å². The average Bonchev–Trinajstić information content (AvgIpc) is 3.15. The standard InChI is InChI=1S/C25H20F2N2O2/c1-15-4-3-5-17(14-28)24(15)16-6-7-22-18(10-16)11-23(29-22)25-20(26)12-19(13-21(25)27)31-9-8-30-2/h3-7,10-13,29H,8-9H2,1-2H3. The second-order valence-corrected chi connectivity index (χ2v) is 7.20. The summed E-state index contributed by atoms with van der Waals surface area (Å²) in [6.45, 7) is 2.47. The lowest BCUT2D eigenvalue weighted by Gasteiger charge is -2.08. The molecule has 156 valence electrons. The third kappa shape index (κ3) is 4.00. The van der Waals surface area contributed by atoms with Gasteiger partial charge < -0.3 is 14.5 Å². The second kappa shape index (κ2) is 8.58. The Morgan fingerprint density at radius 2 is 1.74 bits per heavy atom. The molecule has 0 spiro atoms. The van der Waals surface area contributed by atoms with Gasteiger partial charge in [-0.1, -0.05) is 18.2 Å². The molecule has 1 aromatic heterocycles. The van der Waals surface area contributed by atoms with Crippen molar-refractivity contribution in [2.24, 2.45) is 0 Å². The number of halogens is 2. The number of benzene rings is 3. The zero-order chi connectivity index (χ0) is 22.0. The van der Waals surface area contributed by atoms with E-state index >= 15 is 0 Å². The van der Waals surface area contributed by atoms with Gasteiger partial charge in [0.25, 0.3) is 0 Å². The molecule has 4 rings (SSSR count). The Bertz CT molecular complexity index is 1280. The van der Waals surface area contributed by atoms with E-state index in [0.29, 0.717) is 17.9 Å². The molecule has 0 fully saturated rings. The Balaban J connectivity index is 1.74. The Labute approximate surface area is 178 Å². The summed E-state index contributed by atoms with van der Waals surface area (Å²) in [6.07, 6.45) is 0. The van der Waals surface area contributed by atoms with Crippen LogP contribution in [0.25, 0.3) is 33.3 Å². The summed E-state index contributed by atoms with van der Waals surface area (Å²) in [7, 11) is 1.52. The Morgan fingerprint density at radius 1 is 0.968 bits per heavy atom. The molecule has 3 aromatic carbocycles. The Hall–Kier alpha value is -3.69. The molecule has 4 aromatic rings. The number of H-pyrrole nitrogens is 1. The highest BCUT2D eigenvalue weighted by molar-refractivity contribution is 5.91. The van der Waals surface area contributed by atoms with Crippen molar-refractivity contribution in [1.29, 1.82) is 5.26 Å². The summed E-state index contributed by atoms with van der Waals surface area (Å²) in [5.74, 6) is -1.33. The highest BCUT2D eigenvalue weighted by Gasteiger charge is 2.17. The number of nitrogens with zero attached hydrogens (tertiary/aromatic N) is 1. The summed E-state index contributed by atoms with van der Waals surface area (Å²) >= 11 is 0. The first-order valence-corrected chi connectivity index (χ1v) is 9.76. The molecule has 1 N–H and O–H groups in total. The lowest BCUT2D eigenvalue weighted by molar-refractivity contribution is 0.146. The van der Waals surface area contributed by atoms with E-state index in [4.69, 9.17) is 9.47 Å². The molecule has 0 saturated heterocycles. The number of rotatable bonds is 6. The van der Waals surface area contributed by atoms with Gasteiger partial charge in [-0.05, 0) is 42.3 Å². The van der Waals surface area contributed by atoms with E-state index in [0.717, 1.165) is 39.7 Å². The maximum absolute atomic E-state index is 14.7. The zero-order valence-electron chi connectivity index (χ0n) is 17.1. The molecule has 6 heteroatoms. The minimum atomic E-state index is -0.718. The maximum atomic E-state index is 14.7. The molecule has 0 aliphatic heterocycles. The van der Waals surface area contributed by atoms with Gasteiger partial charge in [-0.25, -0.2) is 8.78 Å². The number of aromatic amines is 1. The van der Waals surface area contributed by atoms with Crippen LogP contribution in [0.5, 0.6) is 5.75 Å². The van der Waals surface area contributed by atoms with E-state index < -0.39 is 11.6 Å². The van der Waals surface area contributed by atoms with Crippen molar-refractivity contribution < 1.29 is 18.3 Å². The van der Waals surface area contributed by atoms with Crippen LogP contribution in [0.4, 0.5) is 8.78 Å². The molecule has 4 nitrogen and oxygen atoms in total. The van der Waals surface area contributed by atoms with Gasteiger partial charge in [0.2, 0.25) is 0 Å². The van der Waals surface area contributed by atoms with E-state index in [2.05, 4.69) is 11.1 Å². The first-order valence-electron chi connectivity index (χ1n) is 9.76. The Kier molecular flexibility index (Phi) is 5.70. The average molecular weight is 418 g/mol. The van der Waals surface area contributed by atoms with Gasteiger partial charge in [-0.15, -0.1) is 0 Å². The number of ether oxygens (including phenoxy) is 2. The van der Waals surface area contributed by atoms with Crippen molar-refractivity contribution in [1.82, 2.24) is 4.98 Å². The number of hydrogen-bond acceptors (Lipinski definition) is 3. The number of aryl methyl sites for hydroxylation is 1. The summed E-state index contributed by atoms with van der Waals surface area (Å²) in [4.78, 5) is 3.08. The van der Waals surface area contributed by atoms with E-state index in [9.17, 15) is 14.0 Å². The van der Waals surface area contributed by atoms with Gasteiger partial charge in [0.15, 0.2) is 0 Å². The van der Waals surface area contributed by atoms with Crippen LogP contribution in [0.1, 0.15) is 11.1 Å². The predicted octanol–water partition coefficient (Wildman–Crippen LogP) is 5.99. The van der Waals surface area contributed by atoms with Crippen LogP contribution < -0.4 is 4.74 Å².